The van der Waals surface area contributed by atoms with Crippen molar-refractivity contribution in [3.63, 3.8) is 0 Å². The van der Waals surface area contributed by atoms with Gasteiger partial charge in [0.2, 0.25) is 0 Å². The smallest absolute Gasteiger partial charge is 0.321 e. The van der Waals surface area contributed by atoms with Crippen LogP contribution in [0.1, 0.15) is 18.7 Å². The SMILES string of the molecule is O=C(Nc1ccc(Cl)nc1)N1CCC[C@@H](Cc2nc3ccccc3[nH]2)C1. The average molecular weight is 370 g/mol. The highest BCUT2D eigenvalue weighted by Gasteiger charge is 2.24. The van der Waals surface area contributed by atoms with Crippen molar-refractivity contribution < 1.29 is 4.79 Å². The number of para-hydroxylation sites is 2. The van der Waals surface area contributed by atoms with Crippen LogP contribution in [-0.2, 0) is 6.42 Å². The zero-order chi connectivity index (χ0) is 17.9. The number of H-pyrrole nitrogens is 1. The van der Waals surface area contributed by atoms with Crippen molar-refractivity contribution in [3.05, 3.63) is 53.6 Å². The summed E-state index contributed by atoms with van der Waals surface area (Å²) in [5.74, 6) is 1.39. The lowest BCUT2D eigenvalue weighted by Crippen LogP contribution is -2.42. The molecule has 1 aliphatic rings. The molecule has 0 bridgehead atoms. The highest BCUT2D eigenvalue weighted by atomic mass is 35.5. The first-order valence-electron chi connectivity index (χ1n) is 8.78. The van der Waals surface area contributed by atoms with Crippen molar-refractivity contribution in [1.29, 1.82) is 0 Å². The number of carbonyl (C=O) groups excluding carboxylic acids is 1. The number of piperidine rings is 1. The fourth-order valence-corrected chi connectivity index (χ4v) is 3.56. The third-order valence-electron chi connectivity index (χ3n) is 4.71. The monoisotopic (exact) mass is 369 g/mol. The Balaban J connectivity index is 1.38. The Labute approximate surface area is 156 Å². The van der Waals surface area contributed by atoms with Gasteiger partial charge in [-0.05, 0) is 43.0 Å². The first-order chi connectivity index (χ1) is 12.7. The van der Waals surface area contributed by atoms with Crippen LogP contribution in [0.2, 0.25) is 5.15 Å². The van der Waals surface area contributed by atoms with Crippen LogP contribution in [0.15, 0.2) is 42.6 Å². The Bertz CT molecular complexity index is 875. The summed E-state index contributed by atoms with van der Waals surface area (Å²) in [7, 11) is 0. The average Bonchev–Trinajstić information content (AvgIpc) is 3.06. The van der Waals surface area contributed by atoms with Gasteiger partial charge in [-0.1, -0.05) is 23.7 Å². The quantitative estimate of drug-likeness (QED) is 0.682. The molecule has 0 unspecified atom stereocenters. The predicted octanol–water partition coefficient (Wildman–Crippen LogP) is 4.10. The summed E-state index contributed by atoms with van der Waals surface area (Å²) < 4.78 is 0. The van der Waals surface area contributed by atoms with Crippen LogP contribution in [0, 0.1) is 5.92 Å². The number of hydrogen-bond acceptors (Lipinski definition) is 3. The van der Waals surface area contributed by atoms with E-state index in [1.165, 1.54) is 0 Å². The van der Waals surface area contributed by atoms with Crippen LogP contribution >= 0.6 is 11.6 Å². The number of amides is 2. The van der Waals surface area contributed by atoms with Crippen LogP contribution in [0.5, 0.6) is 0 Å². The van der Waals surface area contributed by atoms with E-state index in [0.29, 0.717) is 16.8 Å². The molecule has 0 spiro atoms. The number of rotatable bonds is 3. The summed E-state index contributed by atoms with van der Waals surface area (Å²) in [6.07, 6.45) is 4.51. The molecule has 0 aliphatic carbocycles. The second-order valence-electron chi connectivity index (χ2n) is 6.66. The molecule has 7 heteroatoms. The number of urea groups is 1. The van der Waals surface area contributed by atoms with Gasteiger partial charge < -0.3 is 15.2 Å². The maximum absolute atomic E-state index is 12.5. The molecule has 1 saturated heterocycles. The molecule has 134 valence electrons. The van der Waals surface area contributed by atoms with Gasteiger partial charge in [-0.15, -0.1) is 0 Å². The van der Waals surface area contributed by atoms with Gasteiger partial charge in [-0.25, -0.2) is 14.8 Å². The van der Waals surface area contributed by atoms with Gasteiger partial charge in [0.25, 0.3) is 0 Å². The molecule has 2 N–H and O–H groups in total. The zero-order valence-electron chi connectivity index (χ0n) is 14.3. The normalized spacial score (nSPS) is 17.4. The van der Waals surface area contributed by atoms with E-state index in [1.807, 2.05) is 29.2 Å². The van der Waals surface area contributed by atoms with E-state index in [0.717, 1.165) is 49.2 Å². The highest BCUT2D eigenvalue weighted by molar-refractivity contribution is 6.29. The minimum atomic E-state index is -0.0940. The van der Waals surface area contributed by atoms with E-state index in [-0.39, 0.29) is 6.03 Å². The molecule has 3 heterocycles. The number of anilines is 1. The molecule has 1 fully saturated rings. The van der Waals surface area contributed by atoms with Crippen molar-refractivity contribution in [1.82, 2.24) is 19.9 Å². The first kappa shape index (κ1) is 16.8. The number of nitrogens with zero attached hydrogens (tertiary/aromatic N) is 3. The molecule has 6 nitrogen and oxygen atoms in total. The van der Waals surface area contributed by atoms with E-state index in [9.17, 15) is 4.79 Å². The van der Waals surface area contributed by atoms with Gasteiger partial charge in [0.1, 0.15) is 11.0 Å². The Hall–Kier alpha value is -2.60. The number of pyridine rings is 1. The number of halogens is 1. The molecule has 1 atom stereocenters. The number of likely N-dealkylation sites (tertiary alicyclic amines) is 1. The Morgan fingerprint density at radius 2 is 2.19 bits per heavy atom. The summed E-state index contributed by atoms with van der Waals surface area (Å²) >= 11 is 5.78. The maximum atomic E-state index is 12.5. The van der Waals surface area contributed by atoms with Crippen LogP contribution in [0.25, 0.3) is 11.0 Å². The van der Waals surface area contributed by atoms with Crippen LogP contribution in [0.3, 0.4) is 0 Å². The standard InChI is InChI=1S/C19H20ClN5O/c20-17-8-7-14(11-21-17)22-19(26)25-9-3-4-13(12-25)10-18-23-15-5-1-2-6-16(15)24-18/h1-2,5-8,11,13H,3-4,9-10,12H2,(H,22,26)(H,23,24)/t13-/m0/s1. The number of imidazole rings is 1. The van der Waals surface area contributed by atoms with E-state index in [2.05, 4.69) is 20.3 Å². The Kier molecular flexibility index (Phi) is 4.75. The topological polar surface area (TPSA) is 73.9 Å². The summed E-state index contributed by atoms with van der Waals surface area (Å²) in [6.45, 7) is 1.49. The van der Waals surface area contributed by atoms with Gasteiger partial charge >= 0.3 is 6.03 Å². The van der Waals surface area contributed by atoms with Gasteiger partial charge in [0.15, 0.2) is 0 Å². The molecule has 3 aromatic rings. The lowest BCUT2D eigenvalue weighted by molar-refractivity contribution is 0.176. The van der Waals surface area contributed by atoms with E-state index < -0.39 is 0 Å². The molecular weight excluding hydrogens is 350 g/mol. The van der Waals surface area contributed by atoms with Crippen LogP contribution in [-0.4, -0.2) is 39.0 Å². The lowest BCUT2D eigenvalue weighted by Gasteiger charge is -2.32. The molecular formula is C19H20ClN5O. The summed E-state index contributed by atoms with van der Waals surface area (Å²) in [5, 5.41) is 3.30. The Morgan fingerprint density at radius 3 is 3.00 bits per heavy atom. The number of benzene rings is 1. The second-order valence-corrected chi connectivity index (χ2v) is 7.05. The fourth-order valence-electron chi connectivity index (χ4n) is 3.44. The van der Waals surface area contributed by atoms with Gasteiger partial charge in [0.05, 0.1) is 22.9 Å². The molecule has 26 heavy (non-hydrogen) atoms. The van der Waals surface area contributed by atoms with E-state index in [4.69, 9.17) is 11.6 Å². The molecule has 0 radical (unpaired) electrons. The molecule has 1 aromatic carbocycles. The number of hydrogen-bond donors (Lipinski definition) is 2. The molecule has 1 aliphatic heterocycles. The van der Waals surface area contributed by atoms with Gasteiger partial charge in [-0.2, -0.15) is 0 Å². The number of fused-ring (bicyclic) bond motifs is 1. The Morgan fingerprint density at radius 1 is 1.31 bits per heavy atom. The molecule has 2 aromatic heterocycles. The van der Waals surface area contributed by atoms with Crippen molar-refractivity contribution in [3.8, 4) is 0 Å². The van der Waals surface area contributed by atoms with Gasteiger partial charge in [0, 0.05) is 19.5 Å². The molecule has 4 rings (SSSR count). The maximum Gasteiger partial charge on any atom is 0.321 e. The minimum Gasteiger partial charge on any atom is -0.342 e. The third-order valence-corrected chi connectivity index (χ3v) is 4.93. The predicted molar refractivity (Wildman–Crippen MR) is 102 cm³/mol. The molecule has 2 amide bonds. The minimum absolute atomic E-state index is 0.0940. The first-order valence-corrected chi connectivity index (χ1v) is 9.16. The van der Waals surface area contributed by atoms with E-state index >= 15 is 0 Å². The zero-order valence-corrected chi connectivity index (χ0v) is 15.0. The lowest BCUT2D eigenvalue weighted by atomic mass is 9.95. The summed E-state index contributed by atoms with van der Waals surface area (Å²) in [6, 6.07) is 11.4. The number of aromatic nitrogens is 3. The summed E-state index contributed by atoms with van der Waals surface area (Å²) in [5.41, 5.74) is 2.70. The van der Waals surface area contributed by atoms with Crippen molar-refractivity contribution in [2.45, 2.75) is 19.3 Å². The van der Waals surface area contributed by atoms with Gasteiger partial charge in [-0.3, -0.25) is 0 Å². The molecule has 0 saturated carbocycles. The largest absolute Gasteiger partial charge is 0.342 e. The highest BCUT2D eigenvalue weighted by Crippen LogP contribution is 2.22. The second kappa shape index (κ2) is 7.33. The van der Waals surface area contributed by atoms with Crippen molar-refractivity contribution in [2.75, 3.05) is 18.4 Å². The fraction of sp³-hybridized carbons (Fsp3) is 0.316. The van der Waals surface area contributed by atoms with Crippen molar-refractivity contribution >= 4 is 34.4 Å². The van der Waals surface area contributed by atoms with Crippen molar-refractivity contribution in [2.24, 2.45) is 5.92 Å². The van der Waals surface area contributed by atoms with E-state index in [1.54, 1.807) is 18.3 Å². The number of aromatic amines is 1. The number of nitrogens with one attached hydrogen (secondary N) is 2. The third kappa shape index (κ3) is 3.80. The summed E-state index contributed by atoms with van der Waals surface area (Å²) in [4.78, 5) is 26.4. The van der Waals surface area contributed by atoms with Crippen LogP contribution < -0.4 is 5.32 Å². The van der Waals surface area contributed by atoms with Crippen LogP contribution in [0.4, 0.5) is 10.5 Å². The number of carbonyl (C=O) groups is 1.